The molecule has 14 heavy (non-hydrogen) atoms. The van der Waals surface area contributed by atoms with E-state index in [4.69, 9.17) is 14.6 Å². The van der Waals surface area contributed by atoms with Crippen LogP contribution in [0.5, 0.6) is 11.5 Å². The molecule has 1 N–H and O–H groups in total. The van der Waals surface area contributed by atoms with Gasteiger partial charge in [0, 0.05) is 6.61 Å². The molecule has 1 rings (SSSR count). The highest BCUT2D eigenvalue weighted by atomic mass is 19.1. The molecule has 0 aromatic heterocycles. The fourth-order valence-corrected chi connectivity index (χ4v) is 0.972. The van der Waals surface area contributed by atoms with E-state index in [1.807, 2.05) is 0 Å². The predicted molar refractivity (Wildman–Crippen MR) is 50.1 cm³/mol. The van der Waals surface area contributed by atoms with E-state index in [-0.39, 0.29) is 5.75 Å². The van der Waals surface area contributed by atoms with Crippen LogP contribution in [0.15, 0.2) is 24.3 Å². The van der Waals surface area contributed by atoms with Crippen LogP contribution >= 0.6 is 0 Å². The molecule has 1 atom stereocenters. The van der Waals surface area contributed by atoms with Crippen molar-refractivity contribution >= 4 is 0 Å². The molecule has 0 heterocycles. The van der Waals surface area contributed by atoms with Crippen LogP contribution in [0.4, 0.5) is 4.39 Å². The van der Waals surface area contributed by atoms with Gasteiger partial charge < -0.3 is 14.6 Å². The molecule has 4 heteroatoms. The smallest absolute Gasteiger partial charge is 0.228 e. The zero-order valence-corrected chi connectivity index (χ0v) is 7.94. The van der Waals surface area contributed by atoms with Crippen molar-refractivity contribution in [3.63, 3.8) is 0 Å². The molecule has 0 saturated carbocycles. The number of phenolic OH excluding ortho intramolecular Hbond substituents is 1. The average molecular weight is 200 g/mol. The Morgan fingerprint density at radius 3 is 2.50 bits per heavy atom. The zero-order chi connectivity index (χ0) is 10.4. The molecule has 0 aliphatic carbocycles. The summed E-state index contributed by atoms with van der Waals surface area (Å²) in [5.74, 6) is 0.615. The molecule has 1 aromatic rings. The second kappa shape index (κ2) is 5.44. The van der Waals surface area contributed by atoms with Crippen LogP contribution in [0.3, 0.4) is 0 Å². The lowest BCUT2D eigenvalue weighted by Crippen LogP contribution is -2.22. The SMILES string of the molecule is CCOC(CF)Oc1ccc(O)cc1. The molecule has 0 radical (unpaired) electrons. The Balaban J connectivity index is 2.53. The molecule has 3 nitrogen and oxygen atoms in total. The number of aromatic hydroxyl groups is 1. The van der Waals surface area contributed by atoms with E-state index in [9.17, 15) is 4.39 Å². The quantitative estimate of drug-likeness (QED) is 0.740. The molecular weight excluding hydrogens is 187 g/mol. The van der Waals surface area contributed by atoms with Crippen molar-refractivity contribution in [1.82, 2.24) is 0 Å². The third kappa shape index (κ3) is 3.22. The maximum absolute atomic E-state index is 12.3. The second-order valence-electron chi connectivity index (χ2n) is 2.65. The van der Waals surface area contributed by atoms with Crippen molar-refractivity contribution in [2.24, 2.45) is 0 Å². The average Bonchev–Trinajstić information content (AvgIpc) is 2.20. The summed E-state index contributed by atoms with van der Waals surface area (Å²) in [5, 5.41) is 8.99. The zero-order valence-electron chi connectivity index (χ0n) is 7.94. The number of benzene rings is 1. The molecule has 0 fully saturated rings. The topological polar surface area (TPSA) is 38.7 Å². The minimum Gasteiger partial charge on any atom is -0.508 e. The molecule has 0 aliphatic rings. The Morgan fingerprint density at radius 2 is 2.00 bits per heavy atom. The number of halogens is 1. The van der Waals surface area contributed by atoms with Gasteiger partial charge in [0.2, 0.25) is 6.29 Å². The number of alkyl halides is 1. The van der Waals surface area contributed by atoms with Crippen LogP contribution in [0.1, 0.15) is 6.92 Å². The Morgan fingerprint density at radius 1 is 1.36 bits per heavy atom. The summed E-state index contributed by atoms with van der Waals surface area (Å²) in [7, 11) is 0. The van der Waals surface area contributed by atoms with Gasteiger partial charge in [-0.25, -0.2) is 4.39 Å². The molecular formula is C10H13FO3. The lowest BCUT2D eigenvalue weighted by Gasteiger charge is -2.15. The van der Waals surface area contributed by atoms with Crippen molar-refractivity contribution < 1.29 is 19.0 Å². The van der Waals surface area contributed by atoms with E-state index in [0.29, 0.717) is 12.4 Å². The lowest BCUT2D eigenvalue weighted by atomic mass is 10.3. The Hall–Kier alpha value is -1.29. The van der Waals surface area contributed by atoms with Crippen LogP contribution in [0, 0.1) is 0 Å². The first-order chi connectivity index (χ1) is 6.76. The van der Waals surface area contributed by atoms with Gasteiger partial charge in [0.25, 0.3) is 0 Å². The van der Waals surface area contributed by atoms with Crippen molar-refractivity contribution in [1.29, 1.82) is 0 Å². The minimum absolute atomic E-state index is 0.144. The van der Waals surface area contributed by atoms with Gasteiger partial charge in [-0.15, -0.1) is 0 Å². The summed E-state index contributed by atoms with van der Waals surface area (Å²) in [6.07, 6.45) is -0.871. The summed E-state index contributed by atoms with van der Waals surface area (Å²) in [5.41, 5.74) is 0. The number of hydrogen-bond donors (Lipinski definition) is 1. The molecule has 78 valence electrons. The van der Waals surface area contributed by atoms with Gasteiger partial charge in [-0.3, -0.25) is 0 Å². The fraction of sp³-hybridized carbons (Fsp3) is 0.400. The van der Waals surface area contributed by atoms with Crippen LogP contribution in [-0.4, -0.2) is 24.7 Å². The van der Waals surface area contributed by atoms with Gasteiger partial charge in [0.15, 0.2) is 6.67 Å². The van der Waals surface area contributed by atoms with E-state index in [0.717, 1.165) is 0 Å². The molecule has 0 bridgehead atoms. The van der Waals surface area contributed by atoms with E-state index < -0.39 is 13.0 Å². The maximum Gasteiger partial charge on any atom is 0.228 e. The molecule has 1 aromatic carbocycles. The highest BCUT2D eigenvalue weighted by Crippen LogP contribution is 2.17. The van der Waals surface area contributed by atoms with E-state index in [1.165, 1.54) is 12.1 Å². The van der Waals surface area contributed by atoms with Crippen LogP contribution < -0.4 is 4.74 Å². The van der Waals surface area contributed by atoms with Crippen LogP contribution in [0.25, 0.3) is 0 Å². The highest BCUT2D eigenvalue weighted by Gasteiger charge is 2.08. The molecule has 0 saturated heterocycles. The predicted octanol–water partition coefficient (Wildman–Crippen LogP) is 2.10. The lowest BCUT2D eigenvalue weighted by molar-refractivity contribution is -0.0869. The summed E-state index contributed by atoms with van der Waals surface area (Å²) in [4.78, 5) is 0. The first kappa shape index (κ1) is 10.8. The van der Waals surface area contributed by atoms with Gasteiger partial charge in [-0.05, 0) is 31.2 Å². The number of phenols is 1. The fourth-order valence-electron chi connectivity index (χ4n) is 0.972. The van der Waals surface area contributed by atoms with Gasteiger partial charge in [-0.1, -0.05) is 0 Å². The summed E-state index contributed by atoms with van der Waals surface area (Å²) in [6, 6.07) is 6.04. The molecule has 1 unspecified atom stereocenters. The third-order valence-electron chi connectivity index (χ3n) is 1.58. The summed E-state index contributed by atoms with van der Waals surface area (Å²) < 4.78 is 22.4. The largest absolute Gasteiger partial charge is 0.508 e. The van der Waals surface area contributed by atoms with Crippen molar-refractivity contribution in [3.8, 4) is 11.5 Å². The summed E-state index contributed by atoms with van der Waals surface area (Å²) >= 11 is 0. The van der Waals surface area contributed by atoms with E-state index in [1.54, 1.807) is 19.1 Å². The third-order valence-corrected chi connectivity index (χ3v) is 1.58. The van der Waals surface area contributed by atoms with Crippen molar-refractivity contribution in [2.75, 3.05) is 13.3 Å². The van der Waals surface area contributed by atoms with Crippen molar-refractivity contribution in [2.45, 2.75) is 13.2 Å². The molecule has 0 aliphatic heterocycles. The van der Waals surface area contributed by atoms with Gasteiger partial charge in [0.1, 0.15) is 11.5 Å². The Bertz CT molecular complexity index is 261. The van der Waals surface area contributed by atoms with E-state index in [2.05, 4.69) is 0 Å². The first-order valence-corrected chi connectivity index (χ1v) is 4.39. The monoisotopic (exact) mass is 200 g/mol. The normalized spacial score (nSPS) is 12.4. The van der Waals surface area contributed by atoms with Crippen LogP contribution in [-0.2, 0) is 4.74 Å². The Labute approximate surface area is 82.1 Å². The minimum atomic E-state index is -0.871. The summed E-state index contributed by atoms with van der Waals surface area (Å²) in [6.45, 7) is 1.46. The first-order valence-electron chi connectivity index (χ1n) is 4.39. The maximum atomic E-state index is 12.3. The number of rotatable bonds is 5. The molecule has 0 spiro atoms. The van der Waals surface area contributed by atoms with Gasteiger partial charge in [-0.2, -0.15) is 0 Å². The second-order valence-corrected chi connectivity index (χ2v) is 2.65. The van der Waals surface area contributed by atoms with Crippen LogP contribution in [0.2, 0.25) is 0 Å². The van der Waals surface area contributed by atoms with Crippen molar-refractivity contribution in [3.05, 3.63) is 24.3 Å². The Kier molecular flexibility index (Phi) is 4.19. The van der Waals surface area contributed by atoms with Gasteiger partial charge in [0.05, 0.1) is 0 Å². The highest BCUT2D eigenvalue weighted by molar-refractivity contribution is 5.30. The van der Waals surface area contributed by atoms with Gasteiger partial charge >= 0.3 is 0 Å². The number of ether oxygens (including phenoxy) is 2. The van der Waals surface area contributed by atoms with E-state index >= 15 is 0 Å². The number of hydrogen-bond acceptors (Lipinski definition) is 3. The standard InChI is InChI=1S/C10H13FO3/c1-2-13-10(7-11)14-9-5-3-8(12)4-6-9/h3-6,10,12H,2,7H2,1H3. The molecule has 0 amide bonds.